The minimum atomic E-state index is -0.726. The molecule has 0 atom stereocenters. The van der Waals surface area contributed by atoms with Crippen LogP contribution in [0, 0.1) is 0 Å². The second-order valence-electron chi connectivity index (χ2n) is 10.5. The first kappa shape index (κ1) is 14.7. The quantitative estimate of drug-likeness (QED) is 0.187. The van der Waals surface area contributed by atoms with Gasteiger partial charge in [0.05, 0.1) is 20.6 Å². The summed E-state index contributed by atoms with van der Waals surface area (Å²) in [5.74, 6) is 0. The van der Waals surface area contributed by atoms with E-state index in [0.29, 0.717) is 16.3 Å². The van der Waals surface area contributed by atoms with E-state index in [1.54, 1.807) is 0 Å². The van der Waals surface area contributed by atoms with E-state index < -0.39 is 113 Å². The summed E-state index contributed by atoms with van der Waals surface area (Å²) in [6.45, 7) is 0. The Labute approximate surface area is 282 Å². The fraction of sp³-hybridized carbons (Fsp3) is 0. The smallest absolute Gasteiger partial charge is 0.143 e. The maximum Gasteiger partial charge on any atom is 0.143 e. The van der Waals surface area contributed by atoms with Gasteiger partial charge < -0.3 is 4.42 Å². The van der Waals surface area contributed by atoms with Crippen LogP contribution in [0.5, 0.6) is 0 Å². The minimum Gasteiger partial charge on any atom is -0.455 e. The van der Waals surface area contributed by atoms with Crippen molar-refractivity contribution >= 4 is 43.5 Å². The average molecular weight is 588 g/mol. The summed E-state index contributed by atoms with van der Waals surface area (Å²) in [4.78, 5) is 0. The molecule has 9 rings (SSSR count). The number of para-hydroxylation sites is 1. The number of rotatable bonds is 4. The highest BCUT2D eigenvalue weighted by molar-refractivity contribution is 6.21. The van der Waals surface area contributed by atoms with E-state index in [2.05, 4.69) is 0 Å². The van der Waals surface area contributed by atoms with E-state index >= 15 is 0 Å². The zero-order valence-corrected chi connectivity index (χ0v) is 23.4. The Balaban J connectivity index is 1.42. The van der Waals surface area contributed by atoms with Crippen molar-refractivity contribution in [1.29, 1.82) is 0 Å². The maximum atomic E-state index is 9.82. The third-order valence-electron chi connectivity index (χ3n) is 7.93. The molecule has 8 aromatic carbocycles. The normalized spacial score (nSPS) is 16.2. The molecule has 0 saturated carbocycles. The van der Waals surface area contributed by atoms with E-state index in [1.165, 1.54) is 0 Å². The number of hydrogen-bond donors (Lipinski definition) is 0. The molecule has 0 unspecified atom stereocenters. The SMILES string of the molecule is [2H]c1c([2H])c([2H])c(-c2c([2H])c([2H])c3c(oc4c(-c5c([2H])c([2H])c([2H])c(-c6c7ccccc7c(-c7ccccc7)c7ccccc67)c5[2H])c([2H])c([2H])c([2H])c43)c2[2H])c([2H])c1[2H]. The van der Waals surface area contributed by atoms with Gasteiger partial charge in [0.2, 0.25) is 0 Å². The van der Waals surface area contributed by atoms with Gasteiger partial charge in [-0.25, -0.2) is 0 Å². The van der Waals surface area contributed by atoms with Crippen LogP contribution in [0.3, 0.4) is 0 Å². The molecule has 1 heteroatoms. The highest BCUT2D eigenvalue weighted by Crippen LogP contribution is 2.45. The lowest BCUT2D eigenvalue weighted by molar-refractivity contribution is 0.670. The van der Waals surface area contributed by atoms with Gasteiger partial charge in [0.15, 0.2) is 0 Å². The number of fused-ring (bicyclic) bond motifs is 5. The van der Waals surface area contributed by atoms with Gasteiger partial charge in [-0.15, -0.1) is 0 Å². The van der Waals surface area contributed by atoms with Crippen molar-refractivity contribution in [2.75, 3.05) is 0 Å². The summed E-state index contributed by atoms with van der Waals surface area (Å²) in [5.41, 5.74) is -0.416. The molecule has 1 nitrogen and oxygen atoms in total. The van der Waals surface area contributed by atoms with Crippen molar-refractivity contribution < 1.29 is 25.0 Å². The van der Waals surface area contributed by atoms with Crippen molar-refractivity contribution in [1.82, 2.24) is 0 Å². The monoisotopic (exact) mass is 587 g/mol. The molecule has 1 heterocycles. The molecule has 0 aliphatic carbocycles. The Kier molecular flexibility index (Phi) is 3.39. The number of benzene rings is 8. The molecule has 210 valence electrons. The van der Waals surface area contributed by atoms with Crippen LogP contribution in [0.4, 0.5) is 0 Å². The zero-order valence-electron chi connectivity index (χ0n) is 38.4. The van der Waals surface area contributed by atoms with Gasteiger partial charge in [0.1, 0.15) is 11.2 Å². The van der Waals surface area contributed by atoms with Gasteiger partial charge >= 0.3 is 0 Å². The second kappa shape index (κ2) is 10.4. The standard InChI is InChI=1S/C44H28O/c1-3-13-29(14-4-1)31-25-26-35-40-24-12-23-34(44(40)45-41(35)28-31)32-17-11-18-33(27-32)43-38-21-9-7-19-36(38)42(30-15-5-2-6-16-30)37-20-8-10-22-39(37)43/h1-28H/i1D,3D,4D,11D,12D,13D,14D,17D,18D,23D,24D,25D,26D,27D,28D. The molecular weight excluding hydrogens is 544 g/mol. The Morgan fingerprint density at radius 3 is 1.69 bits per heavy atom. The van der Waals surface area contributed by atoms with Crippen molar-refractivity contribution in [3.05, 3.63) is 169 Å². The maximum absolute atomic E-state index is 9.82. The zero-order chi connectivity index (χ0) is 42.8. The van der Waals surface area contributed by atoms with Crippen molar-refractivity contribution in [3.8, 4) is 44.5 Å². The van der Waals surface area contributed by atoms with Crippen LogP contribution in [0.25, 0.3) is 88.0 Å². The summed E-state index contributed by atoms with van der Waals surface area (Å²) >= 11 is 0. The lowest BCUT2D eigenvalue weighted by Gasteiger charge is -2.18. The Bertz CT molecular complexity index is 3290. The fourth-order valence-electron chi connectivity index (χ4n) is 6.00. The van der Waals surface area contributed by atoms with Crippen molar-refractivity contribution in [2.24, 2.45) is 0 Å². The number of furan rings is 1. The summed E-state index contributed by atoms with van der Waals surface area (Å²) in [7, 11) is 0. The highest BCUT2D eigenvalue weighted by Gasteiger charge is 2.18. The molecule has 0 aliphatic heterocycles. The van der Waals surface area contributed by atoms with Crippen molar-refractivity contribution in [2.45, 2.75) is 0 Å². The summed E-state index contributed by atoms with van der Waals surface area (Å²) in [6, 6.07) is 14.9. The van der Waals surface area contributed by atoms with Crippen LogP contribution in [0.1, 0.15) is 20.6 Å². The van der Waals surface area contributed by atoms with Crippen LogP contribution in [0.15, 0.2) is 174 Å². The minimum absolute atomic E-state index is 0.0394. The third-order valence-corrected chi connectivity index (χ3v) is 7.93. The lowest BCUT2D eigenvalue weighted by atomic mass is 9.85. The van der Waals surface area contributed by atoms with Crippen LogP contribution in [0.2, 0.25) is 0 Å². The molecule has 0 N–H and O–H groups in total. The summed E-state index contributed by atoms with van der Waals surface area (Å²) in [5, 5.41) is 2.28. The van der Waals surface area contributed by atoms with Gasteiger partial charge in [-0.05, 0) is 78.6 Å². The molecule has 0 amide bonds. The Morgan fingerprint density at radius 1 is 0.378 bits per heavy atom. The molecule has 0 radical (unpaired) electrons. The van der Waals surface area contributed by atoms with Gasteiger partial charge in [-0.2, -0.15) is 0 Å². The largest absolute Gasteiger partial charge is 0.455 e. The molecule has 0 aliphatic rings. The Hall–Kier alpha value is -5.92. The average Bonchev–Trinajstić information content (AvgIpc) is 3.66. The van der Waals surface area contributed by atoms with E-state index in [4.69, 9.17) is 18.1 Å². The van der Waals surface area contributed by atoms with Crippen LogP contribution in [-0.2, 0) is 0 Å². The molecule has 0 bridgehead atoms. The van der Waals surface area contributed by atoms with E-state index in [1.807, 2.05) is 78.9 Å². The topological polar surface area (TPSA) is 13.1 Å². The molecule has 0 spiro atoms. The molecule has 9 aromatic rings. The van der Waals surface area contributed by atoms with Gasteiger partial charge in [-0.3, -0.25) is 0 Å². The summed E-state index contributed by atoms with van der Waals surface area (Å²) in [6.07, 6.45) is 0. The first-order valence-corrected chi connectivity index (χ1v) is 14.2. The first-order valence-electron chi connectivity index (χ1n) is 21.7. The van der Waals surface area contributed by atoms with E-state index in [9.17, 15) is 6.85 Å². The highest BCUT2D eigenvalue weighted by atomic mass is 16.3. The van der Waals surface area contributed by atoms with Crippen LogP contribution in [-0.4, -0.2) is 0 Å². The first-order chi connectivity index (χ1) is 28.6. The summed E-state index contributed by atoms with van der Waals surface area (Å²) < 4.78 is 139. The van der Waals surface area contributed by atoms with E-state index in [-0.39, 0.29) is 27.5 Å². The Morgan fingerprint density at radius 2 is 0.978 bits per heavy atom. The predicted molar refractivity (Wildman–Crippen MR) is 190 cm³/mol. The molecule has 0 fully saturated rings. The van der Waals surface area contributed by atoms with Gasteiger partial charge in [-0.1, -0.05) is 151 Å². The van der Waals surface area contributed by atoms with E-state index in [0.717, 1.165) is 21.9 Å². The lowest BCUT2D eigenvalue weighted by Crippen LogP contribution is -1.91. The molecule has 45 heavy (non-hydrogen) atoms. The molecule has 1 aromatic heterocycles. The third kappa shape index (κ3) is 4.17. The second-order valence-corrected chi connectivity index (χ2v) is 10.5. The fourth-order valence-corrected chi connectivity index (χ4v) is 6.00. The molecule has 0 saturated heterocycles. The molecular formula is C44H28O. The number of hydrogen-bond acceptors (Lipinski definition) is 1. The van der Waals surface area contributed by atoms with Crippen LogP contribution < -0.4 is 0 Å². The van der Waals surface area contributed by atoms with Gasteiger partial charge in [0.25, 0.3) is 0 Å². The van der Waals surface area contributed by atoms with Crippen LogP contribution >= 0.6 is 0 Å². The van der Waals surface area contributed by atoms with Crippen molar-refractivity contribution in [3.63, 3.8) is 0 Å². The van der Waals surface area contributed by atoms with Gasteiger partial charge in [0, 0.05) is 16.3 Å². The predicted octanol–water partition coefficient (Wildman–Crippen LogP) is 12.6.